The highest BCUT2D eigenvalue weighted by atomic mass is 19.2. The number of benzene rings is 1. The monoisotopic (exact) mass is 193 g/mol. The Hall–Kier alpha value is -1.10. The molecule has 0 heterocycles. The number of alkyl halides is 1. The van der Waals surface area contributed by atoms with Gasteiger partial charge in [0.1, 0.15) is 6.67 Å². The van der Waals surface area contributed by atoms with Crippen molar-refractivity contribution in [3.8, 4) is 0 Å². The summed E-state index contributed by atoms with van der Waals surface area (Å²) in [5.74, 6) is -4.36. The van der Waals surface area contributed by atoms with Crippen molar-refractivity contribution in [1.82, 2.24) is 0 Å². The summed E-state index contributed by atoms with van der Waals surface area (Å²) in [7, 11) is 0. The zero-order valence-electron chi connectivity index (χ0n) is 6.53. The first-order valence-electron chi connectivity index (χ1n) is 3.53. The van der Waals surface area contributed by atoms with Crippen molar-refractivity contribution in [3.63, 3.8) is 0 Å². The van der Waals surface area contributed by atoms with Crippen LogP contribution in [-0.2, 0) is 0 Å². The molecule has 0 aromatic heterocycles. The SMILES string of the molecule is N[C@@H](CF)c1ccc(F)c(F)c1F. The molecule has 1 aromatic rings. The Bertz CT molecular complexity index is 313. The number of nitrogens with two attached hydrogens (primary N) is 1. The van der Waals surface area contributed by atoms with Gasteiger partial charge in [-0.3, -0.25) is 0 Å². The predicted octanol–water partition coefficient (Wildman–Crippen LogP) is 2.07. The second-order valence-electron chi connectivity index (χ2n) is 2.53. The van der Waals surface area contributed by atoms with E-state index in [0.29, 0.717) is 6.07 Å². The summed E-state index contributed by atoms with van der Waals surface area (Å²) >= 11 is 0. The second-order valence-corrected chi connectivity index (χ2v) is 2.53. The molecule has 0 aliphatic heterocycles. The van der Waals surface area contributed by atoms with Crippen LogP contribution in [0.25, 0.3) is 0 Å². The molecule has 0 amide bonds. The van der Waals surface area contributed by atoms with Gasteiger partial charge in [-0.2, -0.15) is 0 Å². The van der Waals surface area contributed by atoms with Crippen LogP contribution < -0.4 is 5.73 Å². The highest BCUT2D eigenvalue weighted by molar-refractivity contribution is 5.23. The van der Waals surface area contributed by atoms with Gasteiger partial charge in [-0.1, -0.05) is 6.07 Å². The van der Waals surface area contributed by atoms with Crippen LogP contribution in [0.3, 0.4) is 0 Å². The van der Waals surface area contributed by atoms with Crippen molar-refractivity contribution < 1.29 is 17.6 Å². The third-order valence-electron chi connectivity index (χ3n) is 1.63. The highest BCUT2D eigenvalue weighted by Crippen LogP contribution is 2.19. The maximum atomic E-state index is 12.8. The van der Waals surface area contributed by atoms with Crippen LogP contribution in [0, 0.1) is 17.5 Å². The van der Waals surface area contributed by atoms with E-state index in [4.69, 9.17) is 5.73 Å². The minimum absolute atomic E-state index is 0.360. The van der Waals surface area contributed by atoms with E-state index in [9.17, 15) is 17.6 Å². The van der Waals surface area contributed by atoms with E-state index in [1.807, 2.05) is 0 Å². The second kappa shape index (κ2) is 3.74. The minimum atomic E-state index is -1.62. The van der Waals surface area contributed by atoms with Gasteiger partial charge in [-0.05, 0) is 6.07 Å². The van der Waals surface area contributed by atoms with E-state index in [1.165, 1.54) is 0 Å². The van der Waals surface area contributed by atoms with Crippen molar-refractivity contribution in [3.05, 3.63) is 35.1 Å². The zero-order chi connectivity index (χ0) is 10.0. The molecule has 2 N–H and O–H groups in total. The lowest BCUT2D eigenvalue weighted by molar-refractivity contribution is 0.403. The molecule has 1 atom stereocenters. The molecule has 5 heteroatoms. The van der Waals surface area contributed by atoms with E-state index in [-0.39, 0.29) is 5.56 Å². The van der Waals surface area contributed by atoms with Gasteiger partial charge in [-0.15, -0.1) is 0 Å². The van der Waals surface area contributed by atoms with E-state index < -0.39 is 30.2 Å². The Morgan fingerprint density at radius 1 is 1.15 bits per heavy atom. The van der Waals surface area contributed by atoms with Gasteiger partial charge in [-0.25, -0.2) is 17.6 Å². The molecule has 0 saturated heterocycles. The van der Waals surface area contributed by atoms with Crippen molar-refractivity contribution >= 4 is 0 Å². The molecule has 0 unspecified atom stereocenters. The van der Waals surface area contributed by atoms with Gasteiger partial charge in [0.25, 0.3) is 0 Å². The topological polar surface area (TPSA) is 26.0 Å². The van der Waals surface area contributed by atoms with Gasteiger partial charge >= 0.3 is 0 Å². The Balaban J connectivity index is 3.18. The summed E-state index contributed by atoms with van der Waals surface area (Å²) in [5, 5.41) is 0. The fourth-order valence-corrected chi connectivity index (χ4v) is 0.910. The highest BCUT2D eigenvalue weighted by Gasteiger charge is 2.17. The van der Waals surface area contributed by atoms with Crippen LogP contribution in [0.4, 0.5) is 17.6 Å². The van der Waals surface area contributed by atoms with Crippen LogP contribution in [0.2, 0.25) is 0 Å². The minimum Gasteiger partial charge on any atom is -0.322 e. The van der Waals surface area contributed by atoms with Crippen molar-refractivity contribution in [2.45, 2.75) is 6.04 Å². The van der Waals surface area contributed by atoms with Gasteiger partial charge < -0.3 is 5.73 Å². The third-order valence-corrected chi connectivity index (χ3v) is 1.63. The third kappa shape index (κ3) is 1.80. The lowest BCUT2D eigenvalue weighted by Crippen LogP contribution is -2.15. The molecule has 72 valence electrons. The van der Waals surface area contributed by atoms with Crippen LogP contribution in [0.5, 0.6) is 0 Å². The molecule has 0 bridgehead atoms. The summed E-state index contributed by atoms with van der Waals surface area (Å²) in [4.78, 5) is 0. The predicted molar refractivity (Wildman–Crippen MR) is 39.2 cm³/mol. The molecule has 1 nitrogen and oxygen atoms in total. The number of rotatable bonds is 2. The summed E-state index contributed by atoms with van der Waals surface area (Å²) in [6.45, 7) is -1.03. The molecule has 0 saturated carbocycles. The van der Waals surface area contributed by atoms with Crippen molar-refractivity contribution in [2.75, 3.05) is 6.67 Å². The normalized spacial score (nSPS) is 13.0. The van der Waals surface area contributed by atoms with Gasteiger partial charge in [0.05, 0.1) is 6.04 Å². The van der Waals surface area contributed by atoms with Gasteiger partial charge in [0, 0.05) is 5.56 Å². The molecule has 0 aliphatic carbocycles. The molecule has 0 radical (unpaired) electrons. The molecule has 13 heavy (non-hydrogen) atoms. The largest absolute Gasteiger partial charge is 0.322 e. The summed E-state index contributed by atoms with van der Waals surface area (Å²) in [6, 6.07) is 0.386. The number of hydrogen-bond donors (Lipinski definition) is 1. The first-order valence-corrected chi connectivity index (χ1v) is 3.53. The number of halogens is 4. The standard InChI is InChI=1S/C8H7F4N/c9-3-6(13)4-1-2-5(10)8(12)7(4)11/h1-2,6H,3,13H2/t6-/m0/s1. The van der Waals surface area contributed by atoms with Crippen LogP contribution >= 0.6 is 0 Å². The smallest absolute Gasteiger partial charge is 0.194 e. The Labute approximate surface area is 72.2 Å². The Kier molecular flexibility index (Phi) is 2.87. The maximum absolute atomic E-state index is 12.8. The Morgan fingerprint density at radius 2 is 1.77 bits per heavy atom. The fourth-order valence-electron chi connectivity index (χ4n) is 0.910. The van der Waals surface area contributed by atoms with Crippen LogP contribution in [-0.4, -0.2) is 6.67 Å². The molecule has 1 rings (SSSR count). The fraction of sp³-hybridized carbons (Fsp3) is 0.250. The first-order chi connectivity index (χ1) is 6.07. The van der Waals surface area contributed by atoms with Crippen molar-refractivity contribution in [1.29, 1.82) is 0 Å². The van der Waals surface area contributed by atoms with Crippen LogP contribution in [0.1, 0.15) is 11.6 Å². The molecular weight excluding hydrogens is 186 g/mol. The number of hydrogen-bond acceptors (Lipinski definition) is 1. The molecular formula is C8H7F4N. The van der Waals surface area contributed by atoms with E-state index >= 15 is 0 Å². The van der Waals surface area contributed by atoms with Gasteiger partial charge in [0.2, 0.25) is 0 Å². The van der Waals surface area contributed by atoms with Gasteiger partial charge in [0.15, 0.2) is 17.5 Å². The van der Waals surface area contributed by atoms with E-state index in [2.05, 4.69) is 0 Å². The average molecular weight is 193 g/mol. The molecule has 0 spiro atoms. The van der Waals surface area contributed by atoms with Crippen molar-refractivity contribution in [2.24, 2.45) is 5.73 Å². The average Bonchev–Trinajstić information content (AvgIpc) is 2.13. The molecule has 0 aliphatic rings. The maximum Gasteiger partial charge on any atom is 0.194 e. The Morgan fingerprint density at radius 3 is 2.31 bits per heavy atom. The molecule has 0 fully saturated rings. The summed E-state index contributed by atoms with van der Waals surface area (Å²) in [6.07, 6.45) is 0. The van der Waals surface area contributed by atoms with Crippen LogP contribution in [0.15, 0.2) is 12.1 Å². The lowest BCUT2D eigenvalue weighted by atomic mass is 10.1. The zero-order valence-corrected chi connectivity index (χ0v) is 6.53. The summed E-state index contributed by atoms with van der Waals surface area (Å²) < 4.78 is 49.8. The van der Waals surface area contributed by atoms with E-state index in [1.54, 1.807) is 0 Å². The molecule has 1 aromatic carbocycles. The first kappa shape index (κ1) is 9.98. The summed E-state index contributed by atoms with van der Waals surface area (Å²) in [5.41, 5.74) is 4.75. The van der Waals surface area contributed by atoms with E-state index in [0.717, 1.165) is 6.07 Å². The lowest BCUT2D eigenvalue weighted by Gasteiger charge is -2.08. The quantitative estimate of drug-likeness (QED) is 0.564.